The van der Waals surface area contributed by atoms with Gasteiger partial charge in [0.15, 0.2) is 5.82 Å². The molecule has 0 unspecified atom stereocenters. The van der Waals surface area contributed by atoms with E-state index in [0.29, 0.717) is 5.56 Å². The monoisotopic (exact) mass is 355 g/mol. The Morgan fingerprint density at radius 3 is 2.73 bits per heavy atom. The van der Waals surface area contributed by atoms with Crippen molar-refractivity contribution in [3.8, 4) is 0 Å². The number of aromatic carboxylic acids is 1. The van der Waals surface area contributed by atoms with E-state index in [1.165, 1.54) is 24.3 Å². The number of anilines is 1. The second-order valence-electron chi connectivity index (χ2n) is 5.49. The molecule has 0 aliphatic rings. The first-order chi connectivity index (χ1) is 12.5. The van der Waals surface area contributed by atoms with Crippen LogP contribution in [-0.2, 0) is 17.6 Å². The Morgan fingerprint density at radius 2 is 1.96 bits per heavy atom. The smallest absolute Gasteiger partial charge is 0.337 e. The number of benzene rings is 2. The highest BCUT2D eigenvalue weighted by Crippen LogP contribution is 2.15. The fourth-order valence-corrected chi connectivity index (χ4v) is 2.37. The van der Waals surface area contributed by atoms with E-state index < -0.39 is 11.9 Å². The molecular formula is C18H14FN3O4. The molecule has 0 aliphatic carbocycles. The van der Waals surface area contributed by atoms with Gasteiger partial charge < -0.3 is 14.9 Å². The summed E-state index contributed by atoms with van der Waals surface area (Å²) in [5.74, 6) is -1.57. The Bertz CT molecular complexity index is 955. The number of hydrogen-bond donors (Lipinski definition) is 2. The van der Waals surface area contributed by atoms with Gasteiger partial charge in [0.2, 0.25) is 11.8 Å². The summed E-state index contributed by atoms with van der Waals surface area (Å²) >= 11 is 0. The van der Waals surface area contributed by atoms with Gasteiger partial charge in [-0.15, -0.1) is 0 Å². The van der Waals surface area contributed by atoms with E-state index in [4.69, 9.17) is 9.63 Å². The van der Waals surface area contributed by atoms with Gasteiger partial charge in [-0.3, -0.25) is 4.79 Å². The van der Waals surface area contributed by atoms with Crippen molar-refractivity contribution in [3.63, 3.8) is 0 Å². The molecule has 3 aromatic rings. The second kappa shape index (κ2) is 7.56. The van der Waals surface area contributed by atoms with Gasteiger partial charge in [0, 0.05) is 0 Å². The molecule has 3 rings (SSSR count). The molecule has 0 saturated heterocycles. The largest absolute Gasteiger partial charge is 0.478 e. The van der Waals surface area contributed by atoms with E-state index in [0.717, 1.165) is 0 Å². The SMILES string of the molecule is O=C(Cc1noc(Cc2cccc(F)c2)n1)Nc1ccccc1C(=O)O. The maximum absolute atomic E-state index is 13.2. The predicted octanol–water partition coefficient (Wildman–Crippen LogP) is 2.68. The van der Waals surface area contributed by atoms with Crippen molar-refractivity contribution in [2.45, 2.75) is 12.8 Å². The number of hydrogen-bond acceptors (Lipinski definition) is 5. The summed E-state index contributed by atoms with van der Waals surface area (Å²) in [5.41, 5.74) is 0.842. The van der Waals surface area contributed by atoms with Crippen molar-refractivity contribution in [2.24, 2.45) is 0 Å². The lowest BCUT2D eigenvalue weighted by Crippen LogP contribution is -2.17. The number of para-hydroxylation sites is 1. The third-order valence-electron chi connectivity index (χ3n) is 3.50. The van der Waals surface area contributed by atoms with Gasteiger partial charge in [-0.05, 0) is 29.8 Å². The Kier molecular flexibility index (Phi) is 5.02. The van der Waals surface area contributed by atoms with Crippen LogP contribution < -0.4 is 5.32 Å². The molecule has 0 fully saturated rings. The highest BCUT2D eigenvalue weighted by atomic mass is 19.1. The van der Waals surface area contributed by atoms with Crippen LogP contribution in [0, 0.1) is 5.82 Å². The molecule has 0 bridgehead atoms. The van der Waals surface area contributed by atoms with E-state index >= 15 is 0 Å². The molecule has 26 heavy (non-hydrogen) atoms. The Morgan fingerprint density at radius 1 is 1.15 bits per heavy atom. The van der Waals surface area contributed by atoms with Gasteiger partial charge in [0.05, 0.1) is 24.1 Å². The summed E-state index contributed by atoms with van der Waals surface area (Å²) in [6, 6.07) is 12.1. The number of carbonyl (C=O) groups excluding carboxylic acids is 1. The van der Waals surface area contributed by atoms with E-state index in [9.17, 15) is 14.0 Å². The fraction of sp³-hybridized carbons (Fsp3) is 0.111. The zero-order valence-corrected chi connectivity index (χ0v) is 13.5. The van der Waals surface area contributed by atoms with E-state index in [2.05, 4.69) is 15.5 Å². The zero-order valence-electron chi connectivity index (χ0n) is 13.5. The fourth-order valence-electron chi connectivity index (χ4n) is 2.37. The highest BCUT2D eigenvalue weighted by molar-refractivity contribution is 6.00. The Hall–Kier alpha value is -3.55. The van der Waals surface area contributed by atoms with Crippen LogP contribution >= 0.6 is 0 Å². The quantitative estimate of drug-likeness (QED) is 0.704. The van der Waals surface area contributed by atoms with Crippen LogP contribution in [0.5, 0.6) is 0 Å². The standard InChI is InChI=1S/C18H14FN3O4/c19-12-5-3-4-11(8-12)9-17-21-15(22-26-17)10-16(23)20-14-7-2-1-6-13(14)18(24)25/h1-8H,9-10H2,(H,20,23)(H,24,25). The van der Waals surface area contributed by atoms with Crippen molar-refractivity contribution in [1.29, 1.82) is 0 Å². The number of nitrogens with zero attached hydrogens (tertiary/aromatic N) is 2. The van der Waals surface area contributed by atoms with Crippen LogP contribution in [0.1, 0.15) is 27.6 Å². The third kappa shape index (κ3) is 4.29. The minimum absolute atomic E-state index is 0.0132. The molecule has 2 N–H and O–H groups in total. The molecule has 1 aromatic heterocycles. The minimum atomic E-state index is -1.14. The van der Waals surface area contributed by atoms with Gasteiger partial charge in [-0.1, -0.05) is 29.4 Å². The molecule has 0 aliphatic heterocycles. The van der Waals surface area contributed by atoms with Crippen LogP contribution in [0.2, 0.25) is 0 Å². The number of carboxylic acid groups (broad SMARTS) is 1. The first kappa shape index (κ1) is 17.3. The molecule has 0 spiro atoms. The van der Waals surface area contributed by atoms with Crippen LogP contribution in [0.15, 0.2) is 53.1 Å². The van der Waals surface area contributed by atoms with Crippen molar-refractivity contribution < 1.29 is 23.6 Å². The van der Waals surface area contributed by atoms with Gasteiger partial charge in [-0.2, -0.15) is 4.98 Å². The average molecular weight is 355 g/mol. The number of carbonyl (C=O) groups is 2. The van der Waals surface area contributed by atoms with Crippen molar-refractivity contribution in [1.82, 2.24) is 10.1 Å². The summed E-state index contributed by atoms with van der Waals surface area (Å²) in [5, 5.41) is 15.3. The van der Waals surface area contributed by atoms with Crippen LogP contribution in [0.4, 0.5) is 10.1 Å². The van der Waals surface area contributed by atoms with E-state index in [1.807, 2.05) is 0 Å². The van der Waals surface area contributed by atoms with Gasteiger partial charge in [0.25, 0.3) is 0 Å². The van der Waals surface area contributed by atoms with E-state index in [-0.39, 0.29) is 41.6 Å². The average Bonchev–Trinajstić information content (AvgIpc) is 3.01. The summed E-state index contributed by atoms with van der Waals surface area (Å²) in [6.07, 6.45) is 0.0643. The maximum Gasteiger partial charge on any atom is 0.337 e. The van der Waals surface area contributed by atoms with Gasteiger partial charge >= 0.3 is 5.97 Å². The van der Waals surface area contributed by atoms with Crippen molar-refractivity contribution in [2.75, 3.05) is 5.32 Å². The molecule has 0 saturated carbocycles. The molecule has 7 nitrogen and oxygen atoms in total. The molecule has 2 aromatic carbocycles. The summed E-state index contributed by atoms with van der Waals surface area (Å²) < 4.78 is 18.2. The summed E-state index contributed by atoms with van der Waals surface area (Å²) in [6.45, 7) is 0. The maximum atomic E-state index is 13.2. The number of amides is 1. The lowest BCUT2D eigenvalue weighted by atomic mass is 10.1. The van der Waals surface area contributed by atoms with Gasteiger partial charge in [-0.25, -0.2) is 9.18 Å². The lowest BCUT2D eigenvalue weighted by Gasteiger charge is -2.06. The molecule has 0 radical (unpaired) electrons. The second-order valence-corrected chi connectivity index (χ2v) is 5.49. The summed E-state index contributed by atoms with van der Waals surface area (Å²) in [4.78, 5) is 27.3. The van der Waals surface area contributed by atoms with Crippen LogP contribution in [-0.4, -0.2) is 27.1 Å². The normalized spacial score (nSPS) is 10.5. The highest BCUT2D eigenvalue weighted by Gasteiger charge is 2.15. The van der Waals surface area contributed by atoms with Crippen LogP contribution in [0.3, 0.4) is 0 Å². The van der Waals surface area contributed by atoms with Crippen LogP contribution in [0.25, 0.3) is 0 Å². The zero-order chi connectivity index (χ0) is 18.5. The third-order valence-corrected chi connectivity index (χ3v) is 3.50. The number of aromatic nitrogens is 2. The summed E-state index contributed by atoms with van der Waals surface area (Å²) in [7, 11) is 0. The molecular weight excluding hydrogens is 341 g/mol. The van der Waals surface area contributed by atoms with Crippen molar-refractivity contribution in [3.05, 3.63) is 77.2 Å². The predicted molar refractivity (Wildman–Crippen MR) is 89.2 cm³/mol. The molecule has 132 valence electrons. The lowest BCUT2D eigenvalue weighted by molar-refractivity contribution is -0.115. The molecule has 1 heterocycles. The van der Waals surface area contributed by atoms with Crippen molar-refractivity contribution >= 4 is 17.6 Å². The molecule has 1 amide bonds. The first-order valence-electron chi connectivity index (χ1n) is 7.69. The first-order valence-corrected chi connectivity index (χ1v) is 7.69. The number of rotatable bonds is 6. The number of halogens is 1. The molecule has 8 heteroatoms. The molecule has 0 atom stereocenters. The number of carboxylic acids is 1. The number of nitrogens with one attached hydrogen (secondary N) is 1. The Labute approximate surface area is 147 Å². The van der Waals surface area contributed by atoms with Gasteiger partial charge in [0.1, 0.15) is 5.82 Å². The topological polar surface area (TPSA) is 105 Å². The Balaban J connectivity index is 1.64. The van der Waals surface area contributed by atoms with E-state index in [1.54, 1.807) is 24.3 Å². The minimum Gasteiger partial charge on any atom is -0.478 e.